The summed E-state index contributed by atoms with van der Waals surface area (Å²) in [5, 5.41) is 0. The largest absolute Gasteiger partial charge is 0.330 e. The molecule has 0 aliphatic carbocycles. The minimum absolute atomic E-state index is 0.684. The highest BCUT2D eigenvalue weighted by Gasteiger charge is 2.12. The van der Waals surface area contributed by atoms with Crippen molar-refractivity contribution in [2.24, 2.45) is 23.5 Å². The molecule has 0 rings (SSSR count). The van der Waals surface area contributed by atoms with Crippen LogP contribution in [0, 0.1) is 17.8 Å². The van der Waals surface area contributed by atoms with Gasteiger partial charge in [-0.25, -0.2) is 0 Å². The van der Waals surface area contributed by atoms with Crippen molar-refractivity contribution >= 4 is 0 Å². The molecule has 0 radical (unpaired) electrons. The van der Waals surface area contributed by atoms with Crippen molar-refractivity contribution in [2.45, 2.75) is 40.5 Å². The number of nitrogens with two attached hydrogens (primary N) is 1. The summed E-state index contributed by atoms with van der Waals surface area (Å²) >= 11 is 0. The SMILES string of the molecule is CC[C@H](C)C[C@@H](C)[C@H](C)CN. The first-order valence-electron chi connectivity index (χ1n) is 4.81. The normalized spacial score (nSPS) is 19.4. The van der Waals surface area contributed by atoms with E-state index in [0.717, 1.165) is 18.4 Å². The second kappa shape index (κ2) is 5.59. The van der Waals surface area contributed by atoms with Crippen LogP contribution in [0.3, 0.4) is 0 Å². The van der Waals surface area contributed by atoms with E-state index in [1.54, 1.807) is 0 Å². The Labute approximate surface area is 71.4 Å². The number of hydrogen-bond acceptors (Lipinski definition) is 1. The van der Waals surface area contributed by atoms with E-state index >= 15 is 0 Å². The fourth-order valence-corrected chi connectivity index (χ4v) is 1.27. The molecule has 0 aliphatic rings. The molecule has 0 aliphatic heterocycles. The third-order valence-corrected chi connectivity index (χ3v) is 2.81. The Balaban J connectivity index is 3.58. The van der Waals surface area contributed by atoms with Crippen molar-refractivity contribution in [3.8, 4) is 0 Å². The molecule has 0 saturated carbocycles. The van der Waals surface area contributed by atoms with Crippen molar-refractivity contribution < 1.29 is 0 Å². The lowest BCUT2D eigenvalue weighted by Gasteiger charge is -2.20. The molecule has 0 heterocycles. The van der Waals surface area contributed by atoms with Crippen molar-refractivity contribution in [1.29, 1.82) is 0 Å². The van der Waals surface area contributed by atoms with Crippen LogP contribution in [-0.2, 0) is 0 Å². The van der Waals surface area contributed by atoms with Crippen molar-refractivity contribution in [2.75, 3.05) is 6.54 Å². The Morgan fingerprint density at radius 1 is 1.09 bits per heavy atom. The standard InChI is InChI=1S/C10H23N/c1-5-8(2)6-9(3)10(4)7-11/h8-10H,5-7,11H2,1-4H3/t8-,9+,10+/m0/s1. The van der Waals surface area contributed by atoms with Gasteiger partial charge in [-0.05, 0) is 30.7 Å². The van der Waals surface area contributed by atoms with E-state index in [2.05, 4.69) is 27.7 Å². The summed E-state index contributed by atoms with van der Waals surface area (Å²) in [6, 6.07) is 0. The van der Waals surface area contributed by atoms with Crippen LogP contribution in [0.25, 0.3) is 0 Å². The van der Waals surface area contributed by atoms with E-state index in [9.17, 15) is 0 Å². The molecule has 11 heavy (non-hydrogen) atoms. The zero-order valence-electron chi connectivity index (χ0n) is 8.43. The van der Waals surface area contributed by atoms with Gasteiger partial charge in [0, 0.05) is 0 Å². The van der Waals surface area contributed by atoms with Gasteiger partial charge in [-0.3, -0.25) is 0 Å². The summed E-state index contributed by atoms with van der Waals surface area (Å²) in [7, 11) is 0. The van der Waals surface area contributed by atoms with Crippen LogP contribution in [0.2, 0.25) is 0 Å². The number of hydrogen-bond donors (Lipinski definition) is 1. The minimum Gasteiger partial charge on any atom is -0.330 e. The van der Waals surface area contributed by atoms with E-state index in [4.69, 9.17) is 5.73 Å². The Morgan fingerprint density at radius 3 is 2.00 bits per heavy atom. The Hall–Kier alpha value is -0.0400. The average Bonchev–Trinajstić information content (AvgIpc) is 2.02. The quantitative estimate of drug-likeness (QED) is 0.652. The lowest BCUT2D eigenvalue weighted by molar-refractivity contribution is 0.315. The van der Waals surface area contributed by atoms with Gasteiger partial charge in [0.1, 0.15) is 0 Å². The first kappa shape index (κ1) is 11.0. The lowest BCUT2D eigenvalue weighted by atomic mass is 9.87. The molecule has 68 valence electrons. The summed E-state index contributed by atoms with van der Waals surface area (Å²) in [6.07, 6.45) is 2.62. The molecule has 0 amide bonds. The maximum atomic E-state index is 5.59. The molecular weight excluding hydrogens is 134 g/mol. The van der Waals surface area contributed by atoms with Crippen LogP contribution in [0.4, 0.5) is 0 Å². The Kier molecular flexibility index (Phi) is 5.57. The highest BCUT2D eigenvalue weighted by atomic mass is 14.5. The van der Waals surface area contributed by atoms with Crippen LogP contribution in [-0.4, -0.2) is 6.54 Å². The molecule has 0 aromatic carbocycles. The van der Waals surface area contributed by atoms with Crippen molar-refractivity contribution in [1.82, 2.24) is 0 Å². The van der Waals surface area contributed by atoms with Gasteiger partial charge in [0.25, 0.3) is 0 Å². The molecule has 0 bridgehead atoms. The highest BCUT2D eigenvalue weighted by molar-refractivity contribution is 4.65. The minimum atomic E-state index is 0.684. The molecule has 2 N–H and O–H groups in total. The molecule has 0 fully saturated rings. The predicted octanol–water partition coefficient (Wildman–Crippen LogP) is 2.65. The van der Waals surface area contributed by atoms with Gasteiger partial charge in [0.2, 0.25) is 0 Å². The zero-order chi connectivity index (χ0) is 8.85. The number of rotatable bonds is 5. The Morgan fingerprint density at radius 2 is 1.64 bits per heavy atom. The van der Waals surface area contributed by atoms with E-state index < -0.39 is 0 Å². The highest BCUT2D eigenvalue weighted by Crippen LogP contribution is 2.20. The summed E-state index contributed by atoms with van der Waals surface area (Å²) in [5.41, 5.74) is 5.59. The average molecular weight is 157 g/mol. The molecule has 0 spiro atoms. The van der Waals surface area contributed by atoms with Gasteiger partial charge in [-0.2, -0.15) is 0 Å². The fourth-order valence-electron chi connectivity index (χ4n) is 1.27. The topological polar surface area (TPSA) is 26.0 Å². The van der Waals surface area contributed by atoms with Gasteiger partial charge >= 0.3 is 0 Å². The molecular formula is C10H23N. The van der Waals surface area contributed by atoms with Crippen molar-refractivity contribution in [3.05, 3.63) is 0 Å². The second-order valence-corrected chi connectivity index (χ2v) is 3.94. The van der Waals surface area contributed by atoms with Crippen LogP contribution >= 0.6 is 0 Å². The third-order valence-electron chi connectivity index (χ3n) is 2.81. The molecule has 1 nitrogen and oxygen atoms in total. The maximum absolute atomic E-state index is 5.59. The summed E-state index contributed by atoms with van der Waals surface area (Å²) in [5.74, 6) is 2.33. The molecule has 3 atom stereocenters. The second-order valence-electron chi connectivity index (χ2n) is 3.94. The monoisotopic (exact) mass is 157 g/mol. The first-order chi connectivity index (χ1) is 5.11. The van der Waals surface area contributed by atoms with Gasteiger partial charge < -0.3 is 5.73 Å². The molecule has 0 unspecified atom stereocenters. The van der Waals surface area contributed by atoms with Crippen LogP contribution in [0.15, 0.2) is 0 Å². The summed E-state index contributed by atoms with van der Waals surface area (Å²) < 4.78 is 0. The van der Waals surface area contributed by atoms with Gasteiger partial charge in [-0.1, -0.05) is 34.1 Å². The smallest absolute Gasteiger partial charge is 0.00490 e. The summed E-state index contributed by atoms with van der Waals surface area (Å²) in [4.78, 5) is 0. The third kappa shape index (κ3) is 4.41. The van der Waals surface area contributed by atoms with Gasteiger partial charge in [0.05, 0.1) is 0 Å². The zero-order valence-corrected chi connectivity index (χ0v) is 8.43. The van der Waals surface area contributed by atoms with Crippen LogP contribution in [0.1, 0.15) is 40.5 Å². The van der Waals surface area contributed by atoms with Gasteiger partial charge in [-0.15, -0.1) is 0 Å². The lowest BCUT2D eigenvalue weighted by Crippen LogP contribution is -2.20. The van der Waals surface area contributed by atoms with E-state index in [1.807, 2.05) is 0 Å². The molecule has 0 aromatic rings. The van der Waals surface area contributed by atoms with E-state index in [0.29, 0.717) is 5.92 Å². The predicted molar refractivity (Wildman–Crippen MR) is 51.5 cm³/mol. The van der Waals surface area contributed by atoms with E-state index in [1.165, 1.54) is 12.8 Å². The maximum Gasteiger partial charge on any atom is -0.00490 e. The van der Waals surface area contributed by atoms with Crippen LogP contribution in [0.5, 0.6) is 0 Å². The molecule has 1 heteroatoms. The van der Waals surface area contributed by atoms with Crippen LogP contribution < -0.4 is 5.73 Å². The fraction of sp³-hybridized carbons (Fsp3) is 1.00. The van der Waals surface area contributed by atoms with Crippen molar-refractivity contribution in [3.63, 3.8) is 0 Å². The summed E-state index contributed by atoms with van der Waals surface area (Å²) in [6.45, 7) is 9.96. The molecule has 0 aromatic heterocycles. The molecule has 0 saturated heterocycles. The van der Waals surface area contributed by atoms with Gasteiger partial charge in [0.15, 0.2) is 0 Å². The first-order valence-corrected chi connectivity index (χ1v) is 4.81. The van der Waals surface area contributed by atoms with E-state index in [-0.39, 0.29) is 0 Å². The Bertz CT molecular complexity index is 90.9.